The Hall–Kier alpha value is -4.00. The first-order valence-corrected chi connectivity index (χ1v) is 11.7. The van der Waals surface area contributed by atoms with E-state index in [4.69, 9.17) is 5.26 Å². The van der Waals surface area contributed by atoms with E-state index in [1.54, 1.807) is 16.8 Å². The number of anilines is 3. The number of aliphatic hydroxyl groups excluding tert-OH is 1. The van der Waals surface area contributed by atoms with E-state index in [-0.39, 0.29) is 17.3 Å². The Labute approximate surface area is 201 Å². The highest BCUT2D eigenvalue weighted by molar-refractivity contribution is 5.76. The Bertz CT molecular complexity index is 1450. The molecule has 0 bridgehead atoms. The summed E-state index contributed by atoms with van der Waals surface area (Å²) < 4.78 is 16.3. The van der Waals surface area contributed by atoms with Crippen LogP contribution in [0.1, 0.15) is 29.5 Å². The van der Waals surface area contributed by atoms with Crippen LogP contribution in [0.4, 0.5) is 21.6 Å². The highest BCUT2D eigenvalue weighted by Gasteiger charge is 2.22. The maximum Gasteiger partial charge on any atom is 0.184 e. The van der Waals surface area contributed by atoms with Crippen LogP contribution in [0.2, 0.25) is 0 Å². The summed E-state index contributed by atoms with van der Waals surface area (Å²) in [6.07, 6.45) is 6.58. The molecule has 176 valence electrons. The van der Waals surface area contributed by atoms with Gasteiger partial charge in [0.25, 0.3) is 0 Å². The summed E-state index contributed by atoms with van der Waals surface area (Å²) >= 11 is 0. The Morgan fingerprint density at radius 3 is 2.66 bits per heavy atom. The maximum atomic E-state index is 14.6. The van der Waals surface area contributed by atoms with Gasteiger partial charge in [-0.15, -0.1) is 0 Å². The molecule has 8 nitrogen and oxygen atoms in total. The third-order valence-corrected chi connectivity index (χ3v) is 6.89. The van der Waals surface area contributed by atoms with Crippen LogP contribution in [-0.4, -0.2) is 38.7 Å². The molecule has 0 spiro atoms. The van der Waals surface area contributed by atoms with Crippen molar-refractivity contribution >= 4 is 22.8 Å². The topological polar surface area (TPSA) is 102 Å². The standard InChI is InChI=1S/C26H24FN7O/c27-25-16(11-28)5-10-34-23(15-31-26(25)34)19-2-3-22(21-14-29-13-20(19)21)32-24-4-1-17(12-30-24)33-8-6-18(35)7-9-33/h1-5,10,12,15,18,29,35H,6-9,13-14H2,(H,30,32). The van der Waals surface area contributed by atoms with Gasteiger partial charge in [-0.2, -0.15) is 5.26 Å². The SMILES string of the molecule is N#Cc1ccn2c(-c3ccc(Nc4ccc(N5CCC(O)CC5)cn4)c4c3CNC4)cnc2c1F. The summed E-state index contributed by atoms with van der Waals surface area (Å²) in [7, 11) is 0. The molecule has 3 aromatic heterocycles. The van der Waals surface area contributed by atoms with Crippen LogP contribution in [0.5, 0.6) is 0 Å². The maximum absolute atomic E-state index is 14.6. The van der Waals surface area contributed by atoms with Crippen LogP contribution >= 0.6 is 0 Å². The Morgan fingerprint density at radius 2 is 1.89 bits per heavy atom. The minimum atomic E-state index is -0.607. The lowest BCUT2D eigenvalue weighted by molar-refractivity contribution is 0.145. The first kappa shape index (κ1) is 21.5. The molecule has 0 unspecified atom stereocenters. The van der Waals surface area contributed by atoms with Gasteiger partial charge in [-0.25, -0.2) is 14.4 Å². The van der Waals surface area contributed by atoms with Gasteiger partial charge >= 0.3 is 0 Å². The number of benzene rings is 1. The average molecular weight is 470 g/mol. The second kappa shape index (κ2) is 8.65. The normalized spacial score (nSPS) is 15.9. The first-order chi connectivity index (χ1) is 17.1. The number of rotatable bonds is 4. The molecule has 3 N–H and O–H groups in total. The molecule has 0 aliphatic carbocycles. The molecule has 9 heteroatoms. The molecule has 1 fully saturated rings. The molecule has 2 aliphatic heterocycles. The van der Waals surface area contributed by atoms with E-state index in [9.17, 15) is 9.50 Å². The molecular weight excluding hydrogens is 445 g/mol. The van der Waals surface area contributed by atoms with Gasteiger partial charge in [-0.1, -0.05) is 6.07 Å². The highest BCUT2D eigenvalue weighted by Crippen LogP contribution is 2.36. The third kappa shape index (κ3) is 3.77. The summed E-state index contributed by atoms with van der Waals surface area (Å²) in [6.45, 7) is 3.07. The summed E-state index contributed by atoms with van der Waals surface area (Å²) in [4.78, 5) is 11.1. The van der Waals surface area contributed by atoms with Crippen molar-refractivity contribution in [1.82, 2.24) is 19.7 Å². The fraction of sp³-hybridized carbons (Fsp3) is 0.269. The molecule has 5 heterocycles. The number of halogens is 1. The lowest BCUT2D eigenvalue weighted by Gasteiger charge is -2.31. The minimum Gasteiger partial charge on any atom is -0.393 e. The average Bonchev–Trinajstić information content (AvgIpc) is 3.54. The molecule has 0 amide bonds. The van der Waals surface area contributed by atoms with Crippen LogP contribution in [0, 0.1) is 17.1 Å². The Balaban J connectivity index is 1.29. The summed E-state index contributed by atoms with van der Waals surface area (Å²) in [5.41, 5.74) is 6.19. The Morgan fingerprint density at radius 1 is 1.06 bits per heavy atom. The largest absolute Gasteiger partial charge is 0.393 e. The van der Waals surface area contributed by atoms with Gasteiger partial charge in [-0.3, -0.25) is 4.40 Å². The van der Waals surface area contributed by atoms with Gasteiger partial charge in [0.15, 0.2) is 11.5 Å². The quantitative estimate of drug-likeness (QED) is 0.419. The lowest BCUT2D eigenvalue weighted by atomic mass is 9.99. The molecule has 0 radical (unpaired) electrons. The molecule has 1 aromatic carbocycles. The zero-order valence-electron chi connectivity index (χ0n) is 19.0. The van der Waals surface area contributed by atoms with Gasteiger partial charge in [-0.05, 0) is 48.2 Å². The predicted molar refractivity (Wildman–Crippen MR) is 131 cm³/mol. The van der Waals surface area contributed by atoms with Crippen molar-refractivity contribution in [3.05, 3.63) is 71.4 Å². The number of fused-ring (bicyclic) bond motifs is 2. The van der Waals surface area contributed by atoms with Gasteiger partial charge in [0, 0.05) is 43.6 Å². The second-order valence-corrected chi connectivity index (χ2v) is 8.96. The van der Waals surface area contributed by atoms with Crippen LogP contribution in [0.15, 0.2) is 48.9 Å². The smallest absolute Gasteiger partial charge is 0.184 e. The van der Waals surface area contributed by atoms with Crippen LogP contribution in [0.3, 0.4) is 0 Å². The molecule has 1 saturated heterocycles. The fourth-order valence-corrected chi connectivity index (χ4v) is 4.98. The number of imidazole rings is 1. The first-order valence-electron chi connectivity index (χ1n) is 11.7. The number of hydrogen-bond donors (Lipinski definition) is 3. The molecule has 6 rings (SSSR count). The van der Waals surface area contributed by atoms with E-state index in [1.807, 2.05) is 30.5 Å². The van der Waals surface area contributed by atoms with E-state index in [0.29, 0.717) is 13.1 Å². The number of hydrogen-bond acceptors (Lipinski definition) is 7. The molecule has 0 atom stereocenters. The molecular formula is C26H24FN7O. The van der Waals surface area contributed by atoms with E-state index >= 15 is 0 Å². The van der Waals surface area contributed by atoms with Gasteiger partial charge < -0.3 is 20.6 Å². The molecule has 35 heavy (non-hydrogen) atoms. The van der Waals surface area contributed by atoms with Crippen LogP contribution < -0.4 is 15.5 Å². The number of nitrogens with zero attached hydrogens (tertiary/aromatic N) is 5. The second-order valence-electron chi connectivity index (χ2n) is 8.96. The van der Waals surface area contributed by atoms with Gasteiger partial charge in [0.2, 0.25) is 0 Å². The van der Waals surface area contributed by atoms with Crippen molar-refractivity contribution in [2.75, 3.05) is 23.3 Å². The van der Waals surface area contributed by atoms with E-state index < -0.39 is 5.82 Å². The number of piperidine rings is 1. The van der Waals surface area contributed by atoms with Gasteiger partial charge in [0.1, 0.15) is 11.9 Å². The van der Waals surface area contributed by atoms with Crippen LogP contribution in [0.25, 0.3) is 16.9 Å². The third-order valence-electron chi connectivity index (χ3n) is 6.89. The summed E-state index contributed by atoms with van der Waals surface area (Å²) in [5.74, 6) is 0.151. The van der Waals surface area contributed by atoms with Crippen molar-refractivity contribution < 1.29 is 9.50 Å². The van der Waals surface area contributed by atoms with Crippen molar-refractivity contribution in [1.29, 1.82) is 5.26 Å². The number of aliphatic hydroxyl groups is 1. The monoisotopic (exact) mass is 469 g/mol. The fourth-order valence-electron chi connectivity index (χ4n) is 4.98. The Kier molecular flexibility index (Phi) is 5.32. The summed E-state index contributed by atoms with van der Waals surface area (Å²) in [6, 6.07) is 11.4. The van der Waals surface area contributed by atoms with Crippen molar-refractivity contribution in [2.45, 2.75) is 32.0 Å². The molecule has 0 saturated carbocycles. The van der Waals surface area contributed by atoms with Crippen molar-refractivity contribution in [3.8, 4) is 17.3 Å². The van der Waals surface area contributed by atoms with Crippen molar-refractivity contribution in [3.63, 3.8) is 0 Å². The molecule has 4 aromatic rings. The zero-order valence-corrected chi connectivity index (χ0v) is 19.0. The number of nitriles is 1. The highest BCUT2D eigenvalue weighted by atomic mass is 19.1. The number of pyridine rings is 2. The summed E-state index contributed by atoms with van der Waals surface area (Å²) in [5, 5.41) is 25.7. The number of nitrogens with one attached hydrogen (secondary N) is 2. The molecule has 2 aliphatic rings. The lowest BCUT2D eigenvalue weighted by Crippen LogP contribution is -2.35. The van der Waals surface area contributed by atoms with E-state index in [1.165, 1.54) is 6.07 Å². The number of aromatic nitrogens is 3. The van der Waals surface area contributed by atoms with E-state index in [0.717, 1.165) is 65.5 Å². The van der Waals surface area contributed by atoms with E-state index in [2.05, 4.69) is 31.6 Å². The zero-order chi connectivity index (χ0) is 23.9. The van der Waals surface area contributed by atoms with Crippen molar-refractivity contribution in [2.24, 2.45) is 0 Å². The van der Waals surface area contributed by atoms with Gasteiger partial charge in [0.05, 0.1) is 35.4 Å². The van der Waals surface area contributed by atoms with Crippen LogP contribution in [-0.2, 0) is 13.1 Å². The predicted octanol–water partition coefficient (Wildman–Crippen LogP) is 3.71. The minimum absolute atomic E-state index is 0.0162.